The van der Waals surface area contributed by atoms with Crippen molar-refractivity contribution in [2.75, 3.05) is 30.9 Å². The molecule has 0 atom stereocenters. The maximum Gasteiger partial charge on any atom is 0.246 e. The number of hydrogen-bond donors (Lipinski definition) is 3. The molecule has 32 heavy (non-hydrogen) atoms. The number of aryl methyl sites for hydroxylation is 1. The van der Waals surface area contributed by atoms with E-state index in [1.165, 1.54) is 12.7 Å². The van der Waals surface area contributed by atoms with Gasteiger partial charge in [0.25, 0.3) is 0 Å². The molecule has 3 aromatic rings. The molecule has 0 aliphatic carbocycles. The first-order valence-electron chi connectivity index (χ1n) is 10.6. The van der Waals surface area contributed by atoms with Crippen LogP contribution in [0, 0.1) is 6.92 Å². The molecule has 3 heterocycles. The van der Waals surface area contributed by atoms with Gasteiger partial charge in [0.2, 0.25) is 11.9 Å². The molecular weight excluding hydrogens is 404 g/mol. The molecule has 166 valence electrons. The molecule has 4 rings (SSSR count). The highest BCUT2D eigenvalue weighted by Crippen LogP contribution is 2.36. The van der Waals surface area contributed by atoms with Gasteiger partial charge in [-0.15, -0.1) is 0 Å². The number of nitrogens with zero attached hydrogens (tertiary/aromatic N) is 3. The van der Waals surface area contributed by atoms with Gasteiger partial charge in [0.1, 0.15) is 12.4 Å². The number of benzene rings is 1. The number of fused-ring (bicyclic) bond motifs is 1. The molecule has 0 radical (unpaired) electrons. The molecule has 0 unspecified atom stereocenters. The molecule has 1 aliphatic rings. The number of ether oxygens (including phenoxy) is 1. The second kappa shape index (κ2) is 8.92. The van der Waals surface area contributed by atoms with Crippen molar-refractivity contribution >= 4 is 23.4 Å². The lowest BCUT2D eigenvalue weighted by molar-refractivity contribution is -0.124. The Labute approximate surface area is 187 Å². The number of methoxy groups -OCH3 is 1. The molecular formula is C24H28N6O2. The molecule has 8 heteroatoms. The number of amides is 1. The highest BCUT2D eigenvalue weighted by atomic mass is 16.5. The van der Waals surface area contributed by atoms with E-state index < -0.39 is 0 Å². The number of pyridine rings is 1. The quantitative estimate of drug-likeness (QED) is 0.525. The average Bonchev–Trinajstić information content (AvgIpc) is 3.08. The van der Waals surface area contributed by atoms with E-state index in [9.17, 15) is 4.79 Å². The van der Waals surface area contributed by atoms with Crippen LogP contribution in [0.5, 0.6) is 0 Å². The molecule has 1 aromatic carbocycles. The van der Waals surface area contributed by atoms with Crippen molar-refractivity contribution in [3.8, 4) is 11.3 Å². The summed E-state index contributed by atoms with van der Waals surface area (Å²) in [6.45, 7) is 7.80. The predicted octanol–water partition coefficient (Wildman–Crippen LogP) is 3.56. The summed E-state index contributed by atoms with van der Waals surface area (Å²) in [6.07, 6.45) is 3.59. The second-order valence-corrected chi connectivity index (χ2v) is 8.61. The lowest BCUT2D eigenvalue weighted by Gasteiger charge is -2.17. The first kappa shape index (κ1) is 21.7. The molecule has 1 aliphatic heterocycles. The molecule has 0 saturated heterocycles. The number of hydrogen-bond acceptors (Lipinski definition) is 7. The highest BCUT2D eigenvalue weighted by molar-refractivity contribution is 5.77. The van der Waals surface area contributed by atoms with Crippen molar-refractivity contribution in [2.24, 2.45) is 0 Å². The fraction of sp³-hybridized carbons (Fsp3) is 0.333. The van der Waals surface area contributed by atoms with Crippen molar-refractivity contribution in [1.29, 1.82) is 0 Å². The maximum absolute atomic E-state index is 11.6. The maximum atomic E-state index is 11.6. The van der Waals surface area contributed by atoms with Gasteiger partial charge < -0.3 is 20.7 Å². The van der Waals surface area contributed by atoms with Gasteiger partial charge in [-0.25, -0.2) is 15.0 Å². The molecule has 0 fully saturated rings. The van der Waals surface area contributed by atoms with E-state index in [0.717, 1.165) is 40.4 Å². The summed E-state index contributed by atoms with van der Waals surface area (Å²) in [5, 5.41) is 9.49. The first-order valence-corrected chi connectivity index (χ1v) is 10.6. The van der Waals surface area contributed by atoms with Crippen molar-refractivity contribution in [3.05, 3.63) is 59.4 Å². The number of carbonyl (C=O) groups is 1. The Morgan fingerprint density at radius 3 is 2.84 bits per heavy atom. The van der Waals surface area contributed by atoms with Crippen LogP contribution in [0.25, 0.3) is 11.3 Å². The zero-order valence-corrected chi connectivity index (χ0v) is 18.8. The van der Waals surface area contributed by atoms with Crippen molar-refractivity contribution < 1.29 is 9.53 Å². The number of rotatable bonds is 7. The van der Waals surface area contributed by atoms with Gasteiger partial charge in [-0.05, 0) is 36.2 Å². The third-order valence-corrected chi connectivity index (χ3v) is 5.57. The molecule has 0 bridgehead atoms. The average molecular weight is 433 g/mol. The predicted molar refractivity (Wildman–Crippen MR) is 125 cm³/mol. The molecule has 0 saturated carbocycles. The Morgan fingerprint density at radius 1 is 1.22 bits per heavy atom. The Kier molecular flexibility index (Phi) is 6.05. The van der Waals surface area contributed by atoms with E-state index in [1.54, 1.807) is 6.20 Å². The monoisotopic (exact) mass is 432 g/mol. The van der Waals surface area contributed by atoms with Crippen LogP contribution in [-0.2, 0) is 21.5 Å². The van der Waals surface area contributed by atoms with E-state index in [1.807, 2.05) is 37.4 Å². The largest absolute Gasteiger partial charge is 0.375 e. The summed E-state index contributed by atoms with van der Waals surface area (Å²) in [7, 11) is 1.50. The lowest BCUT2D eigenvalue weighted by atomic mass is 9.87. The van der Waals surface area contributed by atoms with Gasteiger partial charge in [0.05, 0.1) is 5.69 Å². The van der Waals surface area contributed by atoms with E-state index in [2.05, 4.69) is 45.8 Å². The summed E-state index contributed by atoms with van der Waals surface area (Å²) in [6, 6.07) is 10.0. The molecule has 3 N–H and O–H groups in total. The fourth-order valence-corrected chi connectivity index (χ4v) is 3.72. The Balaban J connectivity index is 1.50. The van der Waals surface area contributed by atoms with Gasteiger partial charge >= 0.3 is 0 Å². The van der Waals surface area contributed by atoms with E-state index in [4.69, 9.17) is 9.72 Å². The van der Waals surface area contributed by atoms with Crippen molar-refractivity contribution in [1.82, 2.24) is 20.3 Å². The Morgan fingerprint density at radius 2 is 2.06 bits per heavy atom. The van der Waals surface area contributed by atoms with Crippen LogP contribution in [0.15, 0.2) is 42.7 Å². The normalized spacial score (nSPS) is 13.9. The number of aromatic nitrogens is 3. The summed E-state index contributed by atoms with van der Waals surface area (Å²) < 4.78 is 4.83. The van der Waals surface area contributed by atoms with E-state index in [-0.39, 0.29) is 17.9 Å². The molecule has 0 spiro atoms. The Hall–Kier alpha value is -3.52. The van der Waals surface area contributed by atoms with Crippen LogP contribution in [0.4, 0.5) is 17.5 Å². The first-order chi connectivity index (χ1) is 15.4. The van der Waals surface area contributed by atoms with Gasteiger partial charge in [0, 0.05) is 54.8 Å². The topological polar surface area (TPSA) is 101 Å². The number of nitrogens with one attached hydrogen (secondary N) is 3. The second-order valence-electron chi connectivity index (χ2n) is 8.61. The summed E-state index contributed by atoms with van der Waals surface area (Å²) in [5.41, 5.74) is 5.96. The number of anilines is 3. The standard InChI is InChI=1S/C24H28N6O2/c1-15-9-16(11-26-21(31)13-32-4)5-6-19(15)29-23-25-8-7-20(30-23)17-10-18-22(27-12-17)28-14-24(18,2)3/h5-10,12H,11,13-14H2,1-4H3,(H,26,31)(H,27,28)(H,25,29,30). The van der Waals surface area contributed by atoms with Crippen molar-refractivity contribution in [3.63, 3.8) is 0 Å². The zero-order chi connectivity index (χ0) is 22.7. The minimum absolute atomic E-state index is 0.0361. The van der Waals surface area contributed by atoms with Crippen LogP contribution in [0.2, 0.25) is 0 Å². The third-order valence-electron chi connectivity index (χ3n) is 5.57. The lowest BCUT2D eigenvalue weighted by Crippen LogP contribution is -2.26. The minimum atomic E-state index is -0.141. The van der Waals surface area contributed by atoms with Crippen LogP contribution in [-0.4, -0.2) is 41.1 Å². The van der Waals surface area contributed by atoms with E-state index in [0.29, 0.717) is 12.5 Å². The van der Waals surface area contributed by atoms with Crippen molar-refractivity contribution in [2.45, 2.75) is 32.7 Å². The van der Waals surface area contributed by atoms with Crippen LogP contribution in [0.3, 0.4) is 0 Å². The van der Waals surface area contributed by atoms with Crippen LogP contribution >= 0.6 is 0 Å². The van der Waals surface area contributed by atoms with Gasteiger partial charge in [-0.2, -0.15) is 0 Å². The summed E-state index contributed by atoms with van der Waals surface area (Å²) >= 11 is 0. The van der Waals surface area contributed by atoms with Gasteiger partial charge in [-0.1, -0.05) is 26.0 Å². The Bertz CT molecular complexity index is 1150. The van der Waals surface area contributed by atoms with Gasteiger partial charge in [-0.3, -0.25) is 4.79 Å². The number of carbonyl (C=O) groups excluding carboxylic acids is 1. The summed E-state index contributed by atoms with van der Waals surface area (Å²) in [4.78, 5) is 25.2. The van der Waals surface area contributed by atoms with Crippen LogP contribution < -0.4 is 16.0 Å². The van der Waals surface area contributed by atoms with Gasteiger partial charge in [0.15, 0.2) is 0 Å². The molecule has 1 amide bonds. The van der Waals surface area contributed by atoms with Crippen LogP contribution in [0.1, 0.15) is 30.5 Å². The zero-order valence-electron chi connectivity index (χ0n) is 18.8. The SMILES string of the molecule is COCC(=O)NCc1ccc(Nc2nccc(-c3cnc4c(c3)C(C)(C)CN4)n2)c(C)c1. The fourth-order valence-electron chi connectivity index (χ4n) is 3.72. The highest BCUT2D eigenvalue weighted by Gasteiger charge is 2.31. The minimum Gasteiger partial charge on any atom is -0.375 e. The molecule has 2 aromatic heterocycles. The summed E-state index contributed by atoms with van der Waals surface area (Å²) in [5.74, 6) is 1.32. The third kappa shape index (κ3) is 4.70. The molecule has 8 nitrogen and oxygen atoms in total. The smallest absolute Gasteiger partial charge is 0.246 e. The van der Waals surface area contributed by atoms with E-state index >= 15 is 0 Å².